The number of rotatable bonds is 6. The van der Waals surface area contributed by atoms with Gasteiger partial charge in [0.2, 0.25) is 0 Å². The zero-order valence-corrected chi connectivity index (χ0v) is 17.3. The predicted molar refractivity (Wildman–Crippen MR) is 109 cm³/mol. The van der Waals surface area contributed by atoms with Crippen LogP contribution in [0.25, 0.3) is 11.1 Å². The summed E-state index contributed by atoms with van der Waals surface area (Å²) in [6, 6.07) is 8.86. The molecule has 6 heteroatoms. The highest BCUT2D eigenvalue weighted by Crippen LogP contribution is 2.36. The number of benzene rings is 2. The highest BCUT2D eigenvalue weighted by molar-refractivity contribution is 5.89. The third-order valence-electron chi connectivity index (χ3n) is 3.87. The molecule has 0 fully saturated rings. The van der Waals surface area contributed by atoms with Gasteiger partial charge < -0.3 is 14.2 Å². The summed E-state index contributed by atoms with van der Waals surface area (Å²) >= 11 is 0. The molecule has 0 amide bonds. The Morgan fingerprint density at radius 3 is 2.10 bits per heavy atom. The average molecular weight is 400 g/mol. The second kappa shape index (κ2) is 8.90. The Kier molecular flexibility index (Phi) is 6.80. The van der Waals surface area contributed by atoms with Gasteiger partial charge in [-0.15, -0.1) is 0 Å². The van der Waals surface area contributed by atoms with E-state index in [4.69, 9.17) is 14.2 Å². The molecule has 0 spiro atoms. The number of ether oxygens (including phenoxy) is 3. The zero-order chi connectivity index (χ0) is 21.8. The van der Waals surface area contributed by atoms with Crippen molar-refractivity contribution in [2.45, 2.75) is 34.6 Å². The quantitative estimate of drug-likeness (QED) is 0.373. The molecule has 5 nitrogen and oxygen atoms in total. The number of carbonyl (C=O) groups is 2. The predicted octanol–water partition coefficient (Wildman–Crippen LogP) is 5.32. The van der Waals surface area contributed by atoms with E-state index in [0.29, 0.717) is 23.7 Å². The van der Waals surface area contributed by atoms with Crippen LogP contribution in [0.2, 0.25) is 0 Å². The highest BCUT2D eigenvalue weighted by atomic mass is 19.1. The molecule has 0 unspecified atom stereocenters. The molecule has 0 bridgehead atoms. The van der Waals surface area contributed by atoms with Crippen molar-refractivity contribution < 1.29 is 28.2 Å². The van der Waals surface area contributed by atoms with Gasteiger partial charge in [0.1, 0.15) is 23.1 Å². The Bertz CT molecular complexity index is 941. The van der Waals surface area contributed by atoms with Gasteiger partial charge in [0.15, 0.2) is 0 Å². The summed E-state index contributed by atoms with van der Waals surface area (Å²) in [6.45, 7) is 12.4. The zero-order valence-electron chi connectivity index (χ0n) is 17.3. The first kappa shape index (κ1) is 22.1. The Morgan fingerprint density at radius 1 is 1.00 bits per heavy atom. The van der Waals surface area contributed by atoms with Crippen LogP contribution in [0.15, 0.2) is 48.6 Å². The number of halogens is 1. The van der Waals surface area contributed by atoms with E-state index in [0.717, 1.165) is 6.07 Å². The Morgan fingerprint density at radius 2 is 1.59 bits per heavy atom. The number of carbonyl (C=O) groups excluding carboxylic acids is 2. The Labute approximate surface area is 170 Å². The van der Waals surface area contributed by atoms with E-state index in [1.165, 1.54) is 19.1 Å². The molecular formula is C23H25FO5. The van der Waals surface area contributed by atoms with Crippen molar-refractivity contribution in [2.75, 3.05) is 6.61 Å². The van der Waals surface area contributed by atoms with Gasteiger partial charge in [-0.2, -0.15) is 0 Å². The number of esters is 2. The molecule has 0 aliphatic rings. The third-order valence-corrected chi connectivity index (χ3v) is 3.87. The summed E-state index contributed by atoms with van der Waals surface area (Å²) < 4.78 is 30.8. The molecule has 0 N–H and O–H groups in total. The molecule has 0 radical (unpaired) electrons. The maximum Gasteiger partial charge on any atom is 0.338 e. The lowest BCUT2D eigenvalue weighted by atomic mass is 9.97. The number of hydrogen-bond acceptors (Lipinski definition) is 5. The molecule has 0 aliphatic carbocycles. The fourth-order valence-corrected chi connectivity index (χ4v) is 2.30. The molecule has 0 saturated carbocycles. The fourth-order valence-electron chi connectivity index (χ4n) is 2.30. The SMILES string of the molecule is C=C(C)C(=O)Oc1ccc(-c2ccc(OC(=O)C(C)(C)C)cc2OCC)c(F)c1. The minimum atomic E-state index is -0.659. The summed E-state index contributed by atoms with van der Waals surface area (Å²) in [5.74, 6) is -0.841. The van der Waals surface area contributed by atoms with Crippen LogP contribution in [0.4, 0.5) is 4.39 Å². The van der Waals surface area contributed by atoms with Crippen LogP contribution in [-0.2, 0) is 9.59 Å². The molecule has 2 aromatic rings. The minimum absolute atomic E-state index is 0.0768. The van der Waals surface area contributed by atoms with Gasteiger partial charge in [0, 0.05) is 28.8 Å². The van der Waals surface area contributed by atoms with E-state index in [-0.39, 0.29) is 22.9 Å². The lowest BCUT2D eigenvalue weighted by Gasteiger charge is -2.18. The van der Waals surface area contributed by atoms with E-state index < -0.39 is 17.2 Å². The van der Waals surface area contributed by atoms with Crippen molar-refractivity contribution in [1.82, 2.24) is 0 Å². The average Bonchev–Trinajstić information content (AvgIpc) is 2.62. The topological polar surface area (TPSA) is 61.8 Å². The lowest BCUT2D eigenvalue weighted by molar-refractivity contribution is -0.143. The molecule has 154 valence electrons. The molecule has 0 aromatic heterocycles. The molecule has 29 heavy (non-hydrogen) atoms. The van der Waals surface area contributed by atoms with Crippen LogP contribution in [-0.4, -0.2) is 18.5 Å². The van der Waals surface area contributed by atoms with E-state index in [2.05, 4.69) is 6.58 Å². The van der Waals surface area contributed by atoms with Crippen LogP contribution in [0, 0.1) is 11.2 Å². The highest BCUT2D eigenvalue weighted by Gasteiger charge is 2.24. The molecule has 0 heterocycles. The van der Waals surface area contributed by atoms with E-state index >= 15 is 0 Å². The molecule has 2 rings (SSSR count). The fraction of sp³-hybridized carbons (Fsp3) is 0.304. The van der Waals surface area contributed by atoms with Crippen molar-refractivity contribution >= 4 is 11.9 Å². The van der Waals surface area contributed by atoms with Gasteiger partial charge in [-0.1, -0.05) is 6.58 Å². The summed E-state index contributed by atoms with van der Waals surface area (Å²) in [5, 5.41) is 0. The van der Waals surface area contributed by atoms with Crippen molar-refractivity contribution in [3.05, 3.63) is 54.4 Å². The molecule has 2 aromatic carbocycles. The number of hydrogen-bond donors (Lipinski definition) is 0. The van der Waals surface area contributed by atoms with Crippen molar-refractivity contribution in [3.63, 3.8) is 0 Å². The Balaban J connectivity index is 2.37. The monoisotopic (exact) mass is 400 g/mol. The first-order valence-electron chi connectivity index (χ1n) is 9.19. The summed E-state index contributed by atoms with van der Waals surface area (Å²) in [4.78, 5) is 23.7. The molecule has 0 aliphatic heterocycles. The van der Waals surface area contributed by atoms with Gasteiger partial charge in [-0.25, -0.2) is 9.18 Å². The van der Waals surface area contributed by atoms with E-state index in [1.807, 2.05) is 0 Å². The Hall–Kier alpha value is -3.15. The van der Waals surface area contributed by atoms with Crippen molar-refractivity contribution in [3.8, 4) is 28.4 Å². The first-order valence-corrected chi connectivity index (χ1v) is 9.19. The lowest BCUT2D eigenvalue weighted by Crippen LogP contribution is -2.25. The normalized spacial score (nSPS) is 11.0. The van der Waals surface area contributed by atoms with Crippen LogP contribution in [0.5, 0.6) is 17.2 Å². The van der Waals surface area contributed by atoms with Gasteiger partial charge in [-0.05, 0) is 58.9 Å². The van der Waals surface area contributed by atoms with Crippen LogP contribution in [0.1, 0.15) is 34.6 Å². The maximum atomic E-state index is 14.7. The van der Waals surface area contributed by atoms with Gasteiger partial charge >= 0.3 is 11.9 Å². The van der Waals surface area contributed by atoms with Gasteiger partial charge in [-0.3, -0.25) is 4.79 Å². The summed E-state index contributed by atoms with van der Waals surface area (Å²) in [5.41, 5.74) is 0.302. The standard InChI is InChI=1S/C23H25FO5/c1-7-27-20-13-16(29-22(26)23(4,5)6)9-11-18(20)17-10-8-15(12-19(17)24)28-21(25)14(2)3/h8-13H,2,7H2,1,3-6H3. The largest absolute Gasteiger partial charge is 0.493 e. The second-order valence-electron chi connectivity index (χ2n) is 7.54. The molecule has 0 saturated heterocycles. The van der Waals surface area contributed by atoms with Gasteiger partial charge in [0.05, 0.1) is 12.0 Å². The molecular weight excluding hydrogens is 375 g/mol. The third kappa shape index (κ3) is 5.67. The first-order chi connectivity index (χ1) is 13.5. The summed E-state index contributed by atoms with van der Waals surface area (Å²) in [7, 11) is 0. The maximum absolute atomic E-state index is 14.7. The van der Waals surface area contributed by atoms with Crippen molar-refractivity contribution in [2.24, 2.45) is 5.41 Å². The molecule has 0 atom stereocenters. The summed E-state index contributed by atoms with van der Waals surface area (Å²) in [6.07, 6.45) is 0. The van der Waals surface area contributed by atoms with Crippen molar-refractivity contribution in [1.29, 1.82) is 0 Å². The van der Waals surface area contributed by atoms with Crippen LogP contribution < -0.4 is 14.2 Å². The van der Waals surface area contributed by atoms with E-state index in [1.54, 1.807) is 45.9 Å². The smallest absolute Gasteiger partial charge is 0.338 e. The van der Waals surface area contributed by atoms with Crippen LogP contribution in [0.3, 0.4) is 0 Å². The van der Waals surface area contributed by atoms with E-state index in [9.17, 15) is 14.0 Å². The van der Waals surface area contributed by atoms with Crippen LogP contribution >= 0.6 is 0 Å². The van der Waals surface area contributed by atoms with Gasteiger partial charge in [0.25, 0.3) is 0 Å². The minimum Gasteiger partial charge on any atom is -0.493 e. The second-order valence-corrected chi connectivity index (χ2v) is 7.54.